The summed E-state index contributed by atoms with van der Waals surface area (Å²) in [5.41, 5.74) is 5.06. The van der Waals surface area contributed by atoms with E-state index < -0.39 is 0 Å². The molecule has 0 spiro atoms. The first kappa shape index (κ1) is 19.6. The van der Waals surface area contributed by atoms with Gasteiger partial charge in [0.15, 0.2) is 0 Å². The summed E-state index contributed by atoms with van der Waals surface area (Å²) in [4.78, 5) is 12.1. The Bertz CT molecular complexity index is 961. The molecule has 0 bridgehead atoms. The largest absolute Gasteiger partial charge is 0.488 e. The van der Waals surface area contributed by atoms with E-state index in [2.05, 4.69) is 49.0 Å². The molecule has 0 fully saturated rings. The average Bonchev–Trinajstić information content (AvgIpc) is 2.68. The molecule has 0 aliphatic carbocycles. The van der Waals surface area contributed by atoms with Crippen LogP contribution in [-0.2, 0) is 6.61 Å². The highest BCUT2D eigenvalue weighted by atomic mass is 127. The maximum absolute atomic E-state index is 12.1. The molecule has 3 rings (SSSR count). The van der Waals surface area contributed by atoms with Crippen LogP contribution in [0.3, 0.4) is 0 Å². The standard InChI is InChI=1S/C21H16BrIN2O2/c22-19-11-16(9-10-20(19)27-14-15-5-2-1-3-6-15)13-24-25-21(26)17-7-4-8-18(23)12-17/h1-13H,14H2,(H,25,26)/b24-13-. The molecule has 1 amide bonds. The van der Waals surface area contributed by atoms with Gasteiger partial charge in [0.05, 0.1) is 10.7 Å². The van der Waals surface area contributed by atoms with Gasteiger partial charge in [0.1, 0.15) is 12.4 Å². The van der Waals surface area contributed by atoms with Gasteiger partial charge in [0.2, 0.25) is 0 Å². The van der Waals surface area contributed by atoms with Crippen molar-refractivity contribution in [1.82, 2.24) is 5.43 Å². The molecule has 0 aliphatic rings. The van der Waals surface area contributed by atoms with Crippen LogP contribution in [0.5, 0.6) is 5.75 Å². The highest BCUT2D eigenvalue weighted by Gasteiger charge is 2.05. The molecule has 6 heteroatoms. The van der Waals surface area contributed by atoms with E-state index in [1.165, 1.54) is 0 Å². The van der Waals surface area contributed by atoms with Gasteiger partial charge < -0.3 is 4.74 Å². The predicted octanol–water partition coefficient (Wildman–Crippen LogP) is 5.40. The van der Waals surface area contributed by atoms with Crippen LogP contribution in [0.1, 0.15) is 21.5 Å². The van der Waals surface area contributed by atoms with Crippen molar-refractivity contribution in [2.75, 3.05) is 0 Å². The van der Waals surface area contributed by atoms with E-state index in [1.54, 1.807) is 18.3 Å². The van der Waals surface area contributed by atoms with Crippen molar-refractivity contribution in [3.8, 4) is 5.75 Å². The van der Waals surface area contributed by atoms with E-state index in [0.717, 1.165) is 24.9 Å². The number of benzene rings is 3. The number of carbonyl (C=O) groups excluding carboxylic acids is 1. The number of amides is 1. The lowest BCUT2D eigenvalue weighted by molar-refractivity contribution is 0.0955. The minimum Gasteiger partial charge on any atom is -0.488 e. The van der Waals surface area contributed by atoms with Crippen LogP contribution >= 0.6 is 38.5 Å². The Morgan fingerprint density at radius 2 is 1.89 bits per heavy atom. The monoisotopic (exact) mass is 534 g/mol. The smallest absolute Gasteiger partial charge is 0.271 e. The Hall–Kier alpha value is -2.19. The summed E-state index contributed by atoms with van der Waals surface area (Å²) >= 11 is 5.68. The highest BCUT2D eigenvalue weighted by Crippen LogP contribution is 2.26. The van der Waals surface area contributed by atoms with Gasteiger partial charge in [-0.1, -0.05) is 36.4 Å². The Morgan fingerprint density at radius 1 is 1.07 bits per heavy atom. The van der Waals surface area contributed by atoms with Gasteiger partial charge in [-0.15, -0.1) is 0 Å². The number of hydrazone groups is 1. The second-order valence-electron chi connectivity index (χ2n) is 5.67. The SMILES string of the molecule is O=C(N/N=C\c1ccc(OCc2ccccc2)c(Br)c1)c1cccc(I)c1. The zero-order valence-corrected chi connectivity index (χ0v) is 18.0. The van der Waals surface area contributed by atoms with Crippen LogP contribution in [0.15, 0.2) is 82.4 Å². The number of halogens is 2. The zero-order chi connectivity index (χ0) is 19.1. The van der Waals surface area contributed by atoms with Gasteiger partial charge in [0.25, 0.3) is 5.91 Å². The van der Waals surface area contributed by atoms with Crippen molar-refractivity contribution in [3.05, 3.63) is 97.5 Å². The van der Waals surface area contributed by atoms with Gasteiger partial charge in [0, 0.05) is 9.13 Å². The van der Waals surface area contributed by atoms with Crippen LogP contribution in [0.25, 0.3) is 0 Å². The number of rotatable bonds is 6. The maximum atomic E-state index is 12.1. The molecule has 0 radical (unpaired) electrons. The lowest BCUT2D eigenvalue weighted by Gasteiger charge is -2.08. The first-order valence-corrected chi connectivity index (χ1v) is 10.0. The Morgan fingerprint density at radius 3 is 2.63 bits per heavy atom. The quantitative estimate of drug-likeness (QED) is 0.261. The van der Waals surface area contributed by atoms with E-state index in [0.29, 0.717) is 12.2 Å². The lowest BCUT2D eigenvalue weighted by atomic mass is 10.2. The summed E-state index contributed by atoms with van der Waals surface area (Å²) in [6.07, 6.45) is 1.59. The summed E-state index contributed by atoms with van der Waals surface area (Å²) in [5.74, 6) is 0.505. The van der Waals surface area contributed by atoms with Crippen LogP contribution in [0, 0.1) is 3.57 Å². The molecule has 4 nitrogen and oxygen atoms in total. The third kappa shape index (κ3) is 5.90. The molecule has 0 saturated heterocycles. The maximum Gasteiger partial charge on any atom is 0.271 e. The first-order chi connectivity index (χ1) is 13.1. The van der Waals surface area contributed by atoms with E-state index >= 15 is 0 Å². The average molecular weight is 535 g/mol. The van der Waals surface area contributed by atoms with Crippen molar-refractivity contribution in [2.24, 2.45) is 5.10 Å². The molecule has 0 atom stereocenters. The summed E-state index contributed by atoms with van der Waals surface area (Å²) < 4.78 is 7.65. The molecule has 0 saturated carbocycles. The number of nitrogens with one attached hydrogen (secondary N) is 1. The second kappa shape index (κ2) is 9.66. The van der Waals surface area contributed by atoms with Gasteiger partial charge in [-0.05, 0) is 86.0 Å². The minimum absolute atomic E-state index is 0.244. The van der Waals surface area contributed by atoms with Crippen molar-refractivity contribution in [3.63, 3.8) is 0 Å². The second-order valence-corrected chi connectivity index (χ2v) is 7.77. The fourth-order valence-corrected chi connectivity index (χ4v) is 3.36. The van der Waals surface area contributed by atoms with Crippen molar-refractivity contribution in [1.29, 1.82) is 0 Å². The molecule has 0 aliphatic heterocycles. The summed E-state index contributed by atoms with van der Waals surface area (Å²) in [7, 11) is 0. The molecular weight excluding hydrogens is 519 g/mol. The third-order valence-electron chi connectivity index (χ3n) is 3.66. The molecule has 136 valence electrons. The zero-order valence-electron chi connectivity index (χ0n) is 14.2. The van der Waals surface area contributed by atoms with Crippen molar-refractivity contribution in [2.45, 2.75) is 6.61 Å². The number of hydrogen-bond acceptors (Lipinski definition) is 3. The molecule has 3 aromatic carbocycles. The van der Waals surface area contributed by atoms with Crippen molar-refractivity contribution >= 4 is 50.6 Å². The summed E-state index contributed by atoms with van der Waals surface area (Å²) in [5, 5.41) is 4.02. The number of carbonyl (C=O) groups is 1. The van der Waals surface area contributed by atoms with Crippen LogP contribution in [0.2, 0.25) is 0 Å². The topological polar surface area (TPSA) is 50.7 Å². The summed E-state index contributed by atoms with van der Waals surface area (Å²) in [6, 6.07) is 23.0. The Kier molecular flexibility index (Phi) is 7.00. The Balaban J connectivity index is 1.58. The molecule has 0 heterocycles. The van der Waals surface area contributed by atoms with Crippen LogP contribution in [0.4, 0.5) is 0 Å². The van der Waals surface area contributed by atoms with Crippen LogP contribution in [-0.4, -0.2) is 12.1 Å². The number of nitrogens with zero attached hydrogens (tertiary/aromatic N) is 1. The van der Waals surface area contributed by atoms with E-state index in [-0.39, 0.29) is 5.91 Å². The first-order valence-electron chi connectivity index (χ1n) is 8.17. The molecule has 1 N–H and O–H groups in total. The minimum atomic E-state index is -0.244. The van der Waals surface area contributed by atoms with Gasteiger partial charge >= 0.3 is 0 Å². The predicted molar refractivity (Wildman–Crippen MR) is 119 cm³/mol. The van der Waals surface area contributed by atoms with Gasteiger partial charge in [-0.2, -0.15) is 5.10 Å². The van der Waals surface area contributed by atoms with E-state index in [9.17, 15) is 4.79 Å². The molecule has 27 heavy (non-hydrogen) atoms. The summed E-state index contributed by atoms with van der Waals surface area (Å²) in [6.45, 7) is 0.499. The molecule has 0 unspecified atom stereocenters. The third-order valence-corrected chi connectivity index (χ3v) is 4.95. The number of hydrogen-bond donors (Lipinski definition) is 1. The van der Waals surface area contributed by atoms with Gasteiger partial charge in [-0.25, -0.2) is 5.43 Å². The fraction of sp³-hybridized carbons (Fsp3) is 0.0476. The lowest BCUT2D eigenvalue weighted by Crippen LogP contribution is -2.17. The Labute approximate surface area is 179 Å². The number of ether oxygens (including phenoxy) is 1. The molecular formula is C21H16BrIN2O2. The normalized spacial score (nSPS) is 10.7. The van der Waals surface area contributed by atoms with Crippen molar-refractivity contribution < 1.29 is 9.53 Å². The molecule has 0 aromatic heterocycles. The molecule has 3 aromatic rings. The highest BCUT2D eigenvalue weighted by molar-refractivity contribution is 14.1. The van der Waals surface area contributed by atoms with Gasteiger partial charge in [-0.3, -0.25) is 4.79 Å². The van der Waals surface area contributed by atoms with E-state index in [4.69, 9.17) is 4.74 Å². The van der Waals surface area contributed by atoms with E-state index in [1.807, 2.05) is 60.7 Å². The van der Waals surface area contributed by atoms with Crippen LogP contribution < -0.4 is 10.2 Å². The fourth-order valence-electron chi connectivity index (χ4n) is 2.31.